The van der Waals surface area contributed by atoms with Gasteiger partial charge in [-0.25, -0.2) is 9.59 Å². The average Bonchev–Trinajstić information content (AvgIpc) is 3.02. The lowest BCUT2D eigenvalue weighted by Gasteiger charge is -2.45. The molecule has 2 aromatic carbocycles. The number of hydrogen-bond donors (Lipinski definition) is 2. The molecule has 1 saturated carbocycles. The third-order valence-corrected chi connectivity index (χ3v) is 6.95. The van der Waals surface area contributed by atoms with Gasteiger partial charge in [-0.15, -0.1) is 0 Å². The van der Waals surface area contributed by atoms with Crippen LogP contribution in [0.4, 0.5) is 4.79 Å². The largest absolute Gasteiger partial charge is 0.479 e. The number of alkyl carbamates (subject to hydrolysis) is 1. The van der Waals surface area contributed by atoms with Crippen LogP contribution in [0, 0.1) is 11.3 Å². The van der Waals surface area contributed by atoms with E-state index in [1.165, 1.54) is 0 Å². The number of aliphatic carboxylic acids is 1. The van der Waals surface area contributed by atoms with Gasteiger partial charge in [-0.05, 0) is 52.8 Å². The summed E-state index contributed by atoms with van der Waals surface area (Å²) >= 11 is 0. The van der Waals surface area contributed by atoms with Gasteiger partial charge < -0.3 is 15.2 Å². The Morgan fingerprint density at radius 1 is 1.03 bits per heavy atom. The zero-order chi connectivity index (χ0) is 21.5. The number of ether oxygens (including phenoxy) is 1. The summed E-state index contributed by atoms with van der Waals surface area (Å²) in [6.45, 7) is 6.36. The summed E-state index contributed by atoms with van der Waals surface area (Å²) in [4.78, 5) is 24.9. The highest BCUT2D eigenvalue weighted by atomic mass is 16.5. The topological polar surface area (TPSA) is 75.6 Å². The zero-order valence-electron chi connectivity index (χ0n) is 17.8. The Hall–Kier alpha value is -2.82. The van der Waals surface area contributed by atoms with Crippen molar-refractivity contribution in [3.63, 3.8) is 0 Å². The Bertz CT molecular complexity index is 937. The van der Waals surface area contributed by atoms with E-state index >= 15 is 0 Å². The average molecular weight is 408 g/mol. The molecule has 0 spiro atoms. The van der Waals surface area contributed by atoms with Crippen molar-refractivity contribution >= 4 is 12.1 Å². The van der Waals surface area contributed by atoms with E-state index in [0.717, 1.165) is 35.1 Å². The fourth-order valence-corrected chi connectivity index (χ4v) is 5.26. The molecule has 2 N–H and O–H groups in total. The van der Waals surface area contributed by atoms with Crippen molar-refractivity contribution in [3.8, 4) is 11.1 Å². The molecular weight excluding hydrogens is 378 g/mol. The van der Waals surface area contributed by atoms with Crippen LogP contribution in [0.1, 0.15) is 57.1 Å². The van der Waals surface area contributed by atoms with Crippen molar-refractivity contribution in [2.75, 3.05) is 6.61 Å². The fraction of sp³-hybridized carbons (Fsp3) is 0.440. The molecule has 0 aromatic heterocycles. The molecule has 0 radical (unpaired) electrons. The number of carboxylic acids is 1. The molecule has 2 aliphatic carbocycles. The molecule has 4 rings (SSSR count). The number of rotatable bonds is 4. The Labute approximate surface area is 177 Å². The monoisotopic (exact) mass is 407 g/mol. The van der Waals surface area contributed by atoms with Gasteiger partial charge in [-0.3, -0.25) is 0 Å². The first-order valence-corrected chi connectivity index (χ1v) is 10.6. The van der Waals surface area contributed by atoms with Crippen LogP contribution in [0.5, 0.6) is 0 Å². The third kappa shape index (κ3) is 3.47. The normalized spacial score (nSPS) is 24.6. The van der Waals surface area contributed by atoms with E-state index in [2.05, 4.69) is 43.4 Å². The Kier molecular flexibility index (Phi) is 5.08. The molecule has 0 saturated heterocycles. The first kappa shape index (κ1) is 20.5. The number of hydrogen-bond acceptors (Lipinski definition) is 3. The van der Waals surface area contributed by atoms with Crippen molar-refractivity contribution in [2.24, 2.45) is 11.3 Å². The summed E-state index contributed by atoms with van der Waals surface area (Å²) in [5, 5.41) is 12.7. The van der Waals surface area contributed by atoms with Crippen molar-refractivity contribution in [1.29, 1.82) is 0 Å². The highest BCUT2D eigenvalue weighted by molar-refractivity contribution is 5.85. The summed E-state index contributed by atoms with van der Waals surface area (Å²) in [5.74, 6) is -1.22. The number of carbonyl (C=O) groups is 2. The molecule has 0 aliphatic heterocycles. The van der Waals surface area contributed by atoms with E-state index in [1.54, 1.807) is 0 Å². The molecule has 1 amide bonds. The molecule has 158 valence electrons. The first-order valence-electron chi connectivity index (χ1n) is 10.6. The van der Waals surface area contributed by atoms with E-state index in [4.69, 9.17) is 4.74 Å². The molecule has 5 heteroatoms. The number of carboxylic acid groups (broad SMARTS) is 1. The number of benzene rings is 2. The highest BCUT2D eigenvalue weighted by Gasteiger charge is 2.50. The predicted molar refractivity (Wildman–Crippen MR) is 115 cm³/mol. The van der Waals surface area contributed by atoms with Gasteiger partial charge in [0.25, 0.3) is 0 Å². The maximum absolute atomic E-state index is 12.7. The molecule has 2 aliphatic rings. The lowest BCUT2D eigenvalue weighted by atomic mass is 9.64. The SMILES string of the molecule is CC1CC(C)(C)CCC1(NC(=O)OCC1c2ccccc2-c2ccccc21)C(=O)O. The molecule has 2 atom stereocenters. The summed E-state index contributed by atoms with van der Waals surface area (Å²) in [5.41, 5.74) is 3.37. The second-order valence-electron chi connectivity index (χ2n) is 9.50. The smallest absolute Gasteiger partial charge is 0.408 e. The van der Waals surface area contributed by atoms with Gasteiger partial charge in [-0.1, -0.05) is 69.3 Å². The summed E-state index contributed by atoms with van der Waals surface area (Å²) in [6, 6.07) is 16.3. The lowest BCUT2D eigenvalue weighted by molar-refractivity contribution is -0.150. The van der Waals surface area contributed by atoms with Gasteiger partial charge in [0.2, 0.25) is 0 Å². The maximum atomic E-state index is 12.7. The zero-order valence-corrected chi connectivity index (χ0v) is 17.8. The number of fused-ring (bicyclic) bond motifs is 3. The van der Waals surface area contributed by atoms with Crippen LogP contribution in [0.3, 0.4) is 0 Å². The van der Waals surface area contributed by atoms with Crippen LogP contribution >= 0.6 is 0 Å². The van der Waals surface area contributed by atoms with E-state index in [0.29, 0.717) is 6.42 Å². The van der Waals surface area contributed by atoms with E-state index in [-0.39, 0.29) is 23.9 Å². The van der Waals surface area contributed by atoms with E-state index in [1.807, 2.05) is 31.2 Å². The molecular formula is C25H29NO4. The van der Waals surface area contributed by atoms with Gasteiger partial charge in [-0.2, -0.15) is 0 Å². The minimum absolute atomic E-state index is 0.0494. The van der Waals surface area contributed by atoms with E-state index < -0.39 is 17.6 Å². The fourth-order valence-electron chi connectivity index (χ4n) is 5.26. The molecule has 0 heterocycles. The maximum Gasteiger partial charge on any atom is 0.408 e. The summed E-state index contributed by atoms with van der Waals surface area (Å²) in [6.07, 6.45) is 1.22. The van der Waals surface area contributed by atoms with Gasteiger partial charge in [0, 0.05) is 5.92 Å². The van der Waals surface area contributed by atoms with Gasteiger partial charge >= 0.3 is 12.1 Å². The summed E-state index contributed by atoms with van der Waals surface area (Å²) in [7, 11) is 0. The van der Waals surface area contributed by atoms with Gasteiger partial charge in [0.05, 0.1) is 0 Å². The lowest BCUT2D eigenvalue weighted by Crippen LogP contribution is -2.61. The number of nitrogens with one attached hydrogen (secondary N) is 1. The number of carbonyl (C=O) groups excluding carboxylic acids is 1. The summed E-state index contributed by atoms with van der Waals surface area (Å²) < 4.78 is 5.60. The second kappa shape index (κ2) is 7.46. The molecule has 2 unspecified atom stereocenters. The van der Waals surface area contributed by atoms with Crippen molar-refractivity contribution in [1.82, 2.24) is 5.32 Å². The number of amides is 1. The molecule has 5 nitrogen and oxygen atoms in total. The van der Waals surface area contributed by atoms with Gasteiger partial charge in [0.1, 0.15) is 12.1 Å². The second-order valence-corrected chi connectivity index (χ2v) is 9.50. The van der Waals surface area contributed by atoms with Crippen LogP contribution in [-0.4, -0.2) is 29.3 Å². The van der Waals surface area contributed by atoms with Crippen molar-refractivity contribution in [3.05, 3.63) is 59.7 Å². The third-order valence-electron chi connectivity index (χ3n) is 6.95. The predicted octanol–water partition coefficient (Wildman–Crippen LogP) is 5.19. The van der Waals surface area contributed by atoms with Crippen molar-refractivity contribution in [2.45, 2.75) is 51.5 Å². The quantitative estimate of drug-likeness (QED) is 0.731. The minimum Gasteiger partial charge on any atom is -0.479 e. The molecule has 0 bridgehead atoms. The van der Waals surface area contributed by atoms with Crippen molar-refractivity contribution < 1.29 is 19.4 Å². The van der Waals surface area contributed by atoms with Gasteiger partial charge in [0.15, 0.2) is 0 Å². The van der Waals surface area contributed by atoms with E-state index in [9.17, 15) is 14.7 Å². The molecule has 30 heavy (non-hydrogen) atoms. The molecule has 2 aromatic rings. The Morgan fingerprint density at radius 2 is 1.60 bits per heavy atom. The Morgan fingerprint density at radius 3 is 2.13 bits per heavy atom. The molecule has 1 fully saturated rings. The van der Waals surface area contributed by atoms with Crippen LogP contribution in [0.25, 0.3) is 11.1 Å². The van der Waals surface area contributed by atoms with Crippen LogP contribution in [-0.2, 0) is 9.53 Å². The van der Waals surface area contributed by atoms with Crippen LogP contribution in [0.15, 0.2) is 48.5 Å². The minimum atomic E-state index is -1.28. The Balaban J connectivity index is 1.49. The standard InChI is InChI=1S/C25H29NO4/c1-16-14-24(2,3)12-13-25(16,22(27)28)26-23(29)30-15-21-19-10-6-4-8-17(19)18-9-5-7-11-20(18)21/h4-11,16,21H,12-15H2,1-3H3,(H,26,29)(H,27,28). The highest BCUT2D eigenvalue weighted by Crippen LogP contribution is 2.45. The van der Waals surface area contributed by atoms with Crippen LogP contribution < -0.4 is 5.32 Å². The van der Waals surface area contributed by atoms with Crippen LogP contribution in [0.2, 0.25) is 0 Å². The first-order chi connectivity index (χ1) is 14.2.